The summed E-state index contributed by atoms with van der Waals surface area (Å²) in [6, 6.07) is 41.5. The molecule has 0 saturated heterocycles. The Morgan fingerprint density at radius 1 is 0.375 bits per heavy atom. The van der Waals surface area contributed by atoms with Crippen molar-refractivity contribution >= 4 is 0 Å². The maximum absolute atomic E-state index is 6.15. The van der Waals surface area contributed by atoms with Gasteiger partial charge in [-0.25, -0.2) is 0 Å². The van der Waals surface area contributed by atoms with Crippen molar-refractivity contribution in [1.82, 2.24) is 0 Å². The van der Waals surface area contributed by atoms with Crippen molar-refractivity contribution in [3.63, 3.8) is 0 Å². The van der Waals surface area contributed by atoms with Gasteiger partial charge in [0.05, 0.1) is 7.11 Å². The van der Waals surface area contributed by atoms with Gasteiger partial charge in [0.1, 0.15) is 5.75 Å². The summed E-state index contributed by atoms with van der Waals surface area (Å²) in [6.07, 6.45) is 0. The van der Waals surface area contributed by atoms with Gasteiger partial charge in [-0.1, -0.05) is 120 Å². The lowest BCUT2D eigenvalue weighted by Crippen LogP contribution is -2.16. The molecule has 0 aliphatic heterocycles. The van der Waals surface area contributed by atoms with Crippen LogP contribution in [-0.4, -0.2) is 7.11 Å². The fourth-order valence-corrected chi connectivity index (χ4v) is 9.36. The molecule has 0 unspecified atom stereocenters. The molecule has 3 aliphatic rings. The molecule has 0 aromatic heterocycles. The summed E-state index contributed by atoms with van der Waals surface area (Å²) in [6.45, 7) is 16.5. The highest BCUT2D eigenvalue weighted by atomic mass is 16.5. The maximum atomic E-state index is 6.15. The van der Waals surface area contributed by atoms with Crippen molar-refractivity contribution in [2.24, 2.45) is 0 Å². The Hall–Kier alpha value is -4.88. The van der Waals surface area contributed by atoms with E-state index in [-0.39, 0.29) is 16.2 Å². The van der Waals surface area contributed by atoms with E-state index in [0.29, 0.717) is 0 Å². The molecule has 6 aromatic carbocycles. The standard InChI is InChI=1S/C47H42O/c1-27-21-36-37-26-44(48-8)35(29-18-20-33-31-14-10-12-16-39(31)46(4,5)41(33)23-29)25-43(37)47(6,7)42(36)24-34(27)28-17-19-32-30-13-9-11-15-38(30)45(2,3)40(32)22-28/h9-26H,1-8H3. The molecule has 6 aromatic rings. The van der Waals surface area contributed by atoms with Crippen molar-refractivity contribution in [1.29, 1.82) is 0 Å². The molecule has 0 saturated carbocycles. The summed E-state index contributed by atoms with van der Waals surface area (Å²) in [5, 5.41) is 0. The van der Waals surface area contributed by atoms with Crippen LogP contribution in [0.15, 0.2) is 109 Å². The summed E-state index contributed by atoms with van der Waals surface area (Å²) in [7, 11) is 1.81. The Morgan fingerprint density at radius 2 is 0.792 bits per heavy atom. The van der Waals surface area contributed by atoms with Gasteiger partial charge in [-0.3, -0.25) is 0 Å². The largest absolute Gasteiger partial charge is 0.496 e. The van der Waals surface area contributed by atoms with Gasteiger partial charge in [-0.2, -0.15) is 0 Å². The van der Waals surface area contributed by atoms with Gasteiger partial charge in [-0.15, -0.1) is 0 Å². The number of fused-ring (bicyclic) bond motifs is 9. The molecule has 0 atom stereocenters. The monoisotopic (exact) mass is 622 g/mol. The number of benzene rings is 6. The highest BCUT2D eigenvalue weighted by Crippen LogP contribution is 2.55. The van der Waals surface area contributed by atoms with Crippen LogP contribution in [-0.2, 0) is 16.2 Å². The van der Waals surface area contributed by atoms with Gasteiger partial charge in [-0.05, 0) is 126 Å². The van der Waals surface area contributed by atoms with E-state index in [9.17, 15) is 0 Å². The Kier molecular flexibility index (Phi) is 5.86. The van der Waals surface area contributed by atoms with E-state index in [0.717, 1.165) is 11.3 Å². The SMILES string of the molecule is COc1cc2c(cc1-c1ccc3c(c1)C(C)(C)c1ccccc1-3)C(C)(C)c1cc(-c3ccc4c(c3)C(C)(C)c3ccccc3-4)c(C)cc1-2. The second kappa shape index (κ2) is 9.60. The number of hydrogen-bond acceptors (Lipinski definition) is 1. The molecule has 1 nitrogen and oxygen atoms in total. The molecule has 0 N–H and O–H groups in total. The van der Waals surface area contributed by atoms with E-state index in [1.807, 2.05) is 0 Å². The van der Waals surface area contributed by atoms with Crippen LogP contribution in [0.25, 0.3) is 55.6 Å². The minimum Gasteiger partial charge on any atom is -0.496 e. The third-order valence-electron chi connectivity index (χ3n) is 12.1. The van der Waals surface area contributed by atoms with Crippen molar-refractivity contribution in [2.75, 3.05) is 7.11 Å². The molecule has 0 bridgehead atoms. The Morgan fingerprint density at radius 3 is 1.33 bits per heavy atom. The zero-order chi connectivity index (χ0) is 33.3. The molecule has 0 radical (unpaired) electrons. The quantitative estimate of drug-likeness (QED) is 0.191. The van der Waals surface area contributed by atoms with E-state index in [2.05, 4.69) is 158 Å². The normalized spacial score (nSPS) is 16.4. The summed E-state index contributed by atoms with van der Waals surface area (Å²) in [4.78, 5) is 0. The van der Waals surface area contributed by atoms with E-state index in [1.54, 1.807) is 7.11 Å². The van der Waals surface area contributed by atoms with E-state index >= 15 is 0 Å². The summed E-state index contributed by atoms with van der Waals surface area (Å²) >= 11 is 0. The Bertz CT molecular complexity index is 2360. The first-order chi connectivity index (χ1) is 22.9. The zero-order valence-electron chi connectivity index (χ0n) is 29.3. The second-order valence-electron chi connectivity index (χ2n) is 15.8. The molecule has 0 spiro atoms. The third kappa shape index (κ3) is 3.73. The molecular formula is C47H42O. The molecule has 0 heterocycles. The van der Waals surface area contributed by atoms with Gasteiger partial charge >= 0.3 is 0 Å². The number of ether oxygens (including phenoxy) is 1. The van der Waals surface area contributed by atoms with Crippen LogP contribution >= 0.6 is 0 Å². The number of methoxy groups -OCH3 is 1. The lowest BCUT2D eigenvalue weighted by atomic mass is 9.79. The van der Waals surface area contributed by atoms with E-state index in [1.165, 1.54) is 89.0 Å². The molecule has 236 valence electrons. The van der Waals surface area contributed by atoms with Crippen LogP contribution in [0, 0.1) is 6.92 Å². The first kappa shape index (κ1) is 29.3. The van der Waals surface area contributed by atoms with Gasteiger partial charge in [0, 0.05) is 21.8 Å². The van der Waals surface area contributed by atoms with Crippen molar-refractivity contribution in [3.8, 4) is 61.4 Å². The van der Waals surface area contributed by atoms with Crippen molar-refractivity contribution in [3.05, 3.63) is 148 Å². The van der Waals surface area contributed by atoms with E-state index in [4.69, 9.17) is 4.74 Å². The van der Waals surface area contributed by atoms with Gasteiger partial charge in [0.2, 0.25) is 0 Å². The Labute approximate surface area is 285 Å². The van der Waals surface area contributed by atoms with Crippen LogP contribution in [0.5, 0.6) is 5.75 Å². The van der Waals surface area contributed by atoms with Gasteiger partial charge < -0.3 is 4.74 Å². The van der Waals surface area contributed by atoms with Crippen LogP contribution in [0.3, 0.4) is 0 Å². The summed E-state index contributed by atoms with van der Waals surface area (Å²) in [5.41, 5.74) is 22.4. The molecule has 0 amide bonds. The van der Waals surface area contributed by atoms with Crippen LogP contribution in [0.2, 0.25) is 0 Å². The highest BCUT2D eigenvalue weighted by molar-refractivity contribution is 5.91. The maximum Gasteiger partial charge on any atom is 0.127 e. The van der Waals surface area contributed by atoms with Gasteiger partial charge in [0.25, 0.3) is 0 Å². The lowest BCUT2D eigenvalue weighted by Gasteiger charge is -2.25. The molecule has 1 heteroatoms. The van der Waals surface area contributed by atoms with Crippen molar-refractivity contribution in [2.45, 2.75) is 64.7 Å². The minimum absolute atomic E-state index is 0.0232. The van der Waals surface area contributed by atoms with Crippen molar-refractivity contribution < 1.29 is 4.74 Å². The third-order valence-corrected chi connectivity index (χ3v) is 12.1. The Balaban J connectivity index is 1.15. The average Bonchev–Trinajstić information content (AvgIpc) is 3.56. The first-order valence-corrected chi connectivity index (χ1v) is 17.3. The van der Waals surface area contributed by atoms with Crippen LogP contribution < -0.4 is 4.74 Å². The summed E-state index contributed by atoms with van der Waals surface area (Å²) < 4.78 is 6.15. The fraction of sp³-hybridized carbons (Fsp3) is 0.234. The number of hydrogen-bond donors (Lipinski definition) is 0. The predicted molar refractivity (Wildman–Crippen MR) is 201 cm³/mol. The highest BCUT2D eigenvalue weighted by Gasteiger charge is 2.39. The average molecular weight is 623 g/mol. The molecular weight excluding hydrogens is 581 g/mol. The second-order valence-corrected chi connectivity index (χ2v) is 15.8. The minimum atomic E-state index is -0.160. The smallest absolute Gasteiger partial charge is 0.127 e. The number of aryl methyl sites for hydroxylation is 1. The fourth-order valence-electron chi connectivity index (χ4n) is 9.36. The molecule has 0 fully saturated rings. The van der Waals surface area contributed by atoms with E-state index < -0.39 is 0 Å². The molecule has 9 rings (SSSR count). The molecule has 48 heavy (non-hydrogen) atoms. The zero-order valence-corrected chi connectivity index (χ0v) is 29.3. The topological polar surface area (TPSA) is 9.23 Å². The summed E-state index contributed by atoms with van der Waals surface area (Å²) in [5.74, 6) is 0.924. The first-order valence-electron chi connectivity index (χ1n) is 17.3. The van der Waals surface area contributed by atoms with Crippen LogP contribution in [0.4, 0.5) is 0 Å². The van der Waals surface area contributed by atoms with Crippen LogP contribution in [0.1, 0.15) is 80.5 Å². The lowest BCUT2D eigenvalue weighted by molar-refractivity contribution is 0.416. The predicted octanol–water partition coefficient (Wildman–Crippen LogP) is 12.3. The number of rotatable bonds is 3. The van der Waals surface area contributed by atoms with Gasteiger partial charge in [0.15, 0.2) is 0 Å². The molecule has 3 aliphatic carbocycles.